The maximum absolute atomic E-state index is 12.3. The summed E-state index contributed by atoms with van der Waals surface area (Å²) < 4.78 is 0. The van der Waals surface area contributed by atoms with Crippen molar-refractivity contribution in [1.29, 1.82) is 0 Å². The normalized spacial score (nSPS) is 21.5. The summed E-state index contributed by atoms with van der Waals surface area (Å²) in [4.78, 5) is 22.8. The zero-order valence-electron chi connectivity index (χ0n) is 11.7. The van der Waals surface area contributed by atoms with Crippen LogP contribution in [0.5, 0.6) is 0 Å². The molecule has 2 rings (SSSR count). The first-order valence-corrected chi connectivity index (χ1v) is 6.80. The summed E-state index contributed by atoms with van der Waals surface area (Å²) in [6.07, 6.45) is 3.11. The van der Waals surface area contributed by atoms with Gasteiger partial charge in [-0.05, 0) is 30.9 Å². The first-order chi connectivity index (χ1) is 9.52. The van der Waals surface area contributed by atoms with Gasteiger partial charge in [-0.25, -0.2) is 0 Å². The number of amides is 1. The van der Waals surface area contributed by atoms with Gasteiger partial charge in [-0.1, -0.05) is 13.3 Å². The zero-order chi connectivity index (χ0) is 14.7. The minimum atomic E-state index is -0.521. The summed E-state index contributed by atoms with van der Waals surface area (Å²) in [5, 5.41) is 16.8. The van der Waals surface area contributed by atoms with Crippen molar-refractivity contribution in [2.45, 2.75) is 32.2 Å². The van der Waals surface area contributed by atoms with Crippen LogP contribution in [0.4, 0.5) is 11.4 Å². The van der Waals surface area contributed by atoms with Crippen molar-refractivity contribution in [1.82, 2.24) is 5.32 Å². The molecule has 0 spiro atoms. The van der Waals surface area contributed by atoms with Crippen LogP contribution in [0.1, 0.15) is 36.5 Å². The van der Waals surface area contributed by atoms with E-state index in [4.69, 9.17) is 0 Å². The highest BCUT2D eigenvalue weighted by Gasteiger charge is 2.28. The van der Waals surface area contributed by atoms with Gasteiger partial charge in [-0.15, -0.1) is 0 Å². The average molecular weight is 277 g/mol. The Morgan fingerprint density at radius 1 is 1.40 bits per heavy atom. The summed E-state index contributed by atoms with van der Waals surface area (Å²) >= 11 is 0. The zero-order valence-corrected chi connectivity index (χ0v) is 11.7. The number of nitro groups is 1. The molecule has 6 nitrogen and oxygen atoms in total. The van der Waals surface area contributed by atoms with Gasteiger partial charge in [0.15, 0.2) is 0 Å². The van der Waals surface area contributed by atoms with Crippen LogP contribution in [0.15, 0.2) is 18.2 Å². The van der Waals surface area contributed by atoms with Crippen LogP contribution in [-0.4, -0.2) is 23.9 Å². The van der Waals surface area contributed by atoms with E-state index in [-0.39, 0.29) is 23.2 Å². The largest absolute Gasteiger partial charge is 0.388 e. The van der Waals surface area contributed by atoms with Crippen molar-refractivity contribution in [2.24, 2.45) is 5.92 Å². The summed E-state index contributed by atoms with van der Waals surface area (Å²) in [5.74, 6) is 0.0537. The standard InChI is InChI=1S/C14H19N3O3/c1-9-4-3-5-12(9)16-14(18)11-8-10(15-2)6-7-13(11)17(19)20/h6-9,12,15H,3-5H2,1-2H3,(H,16,18). The Hall–Kier alpha value is -2.11. The highest BCUT2D eigenvalue weighted by Crippen LogP contribution is 2.27. The molecule has 0 radical (unpaired) electrons. The van der Waals surface area contributed by atoms with E-state index in [1.54, 1.807) is 13.1 Å². The maximum atomic E-state index is 12.3. The van der Waals surface area contributed by atoms with Gasteiger partial charge >= 0.3 is 0 Å². The first-order valence-electron chi connectivity index (χ1n) is 6.80. The van der Waals surface area contributed by atoms with E-state index in [2.05, 4.69) is 17.6 Å². The predicted octanol–water partition coefficient (Wildman–Crippen LogP) is 2.55. The number of benzene rings is 1. The third-order valence-electron chi connectivity index (χ3n) is 3.90. The van der Waals surface area contributed by atoms with E-state index < -0.39 is 4.92 Å². The van der Waals surface area contributed by atoms with Crippen molar-refractivity contribution < 1.29 is 9.72 Å². The summed E-state index contributed by atoms with van der Waals surface area (Å²) in [5.41, 5.74) is 0.633. The second kappa shape index (κ2) is 5.90. The van der Waals surface area contributed by atoms with E-state index >= 15 is 0 Å². The summed E-state index contributed by atoms with van der Waals surface area (Å²) in [6.45, 7) is 2.09. The van der Waals surface area contributed by atoms with Gasteiger partial charge < -0.3 is 10.6 Å². The number of nitrogens with one attached hydrogen (secondary N) is 2. The van der Waals surface area contributed by atoms with Gasteiger partial charge in [0.1, 0.15) is 5.56 Å². The third-order valence-corrected chi connectivity index (χ3v) is 3.90. The molecular formula is C14H19N3O3. The maximum Gasteiger partial charge on any atom is 0.282 e. The molecule has 108 valence electrons. The Kier molecular flexibility index (Phi) is 4.22. The second-order valence-electron chi connectivity index (χ2n) is 5.23. The molecule has 1 aliphatic carbocycles. The monoisotopic (exact) mass is 277 g/mol. The van der Waals surface area contributed by atoms with E-state index in [9.17, 15) is 14.9 Å². The average Bonchev–Trinajstić information content (AvgIpc) is 2.83. The Bertz CT molecular complexity index is 530. The quantitative estimate of drug-likeness (QED) is 0.654. The molecule has 0 bridgehead atoms. The lowest BCUT2D eigenvalue weighted by Crippen LogP contribution is -2.36. The van der Waals surface area contributed by atoms with Gasteiger partial charge in [0, 0.05) is 24.8 Å². The van der Waals surface area contributed by atoms with Crippen molar-refractivity contribution in [3.05, 3.63) is 33.9 Å². The van der Waals surface area contributed by atoms with Crippen molar-refractivity contribution in [3.8, 4) is 0 Å². The van der Waals surface area contributed by atoms with Crippen LogP contribution in [-0.2, 0) is 0 Å². The molecule has 0 heterocycles. The third kappa shape index (κ3) is 2.89. The summed E-state index contributed by atoms with van der Waals surface area (Å²) in [7, 11) is 1.71. The lowest BCUT2D eigenvalue weighted by Gasteiger charge is -2.17. The molecule has 1 aromatic carbocycles. The lowest BCUT2D eigenvalue weighted by molar-refractivity contribution is -0.385. The SMILES string of the molecule is CNc1ccc([N+](=O)[O-])c(C(=O)NC2CCCC2C)c1. The number of nitro benzene ring substituents is 1. The molecule has 1 aliphatic rings. The first kappa shape index (κ1) is 14.3. The lowest BCUT2D eigenvalue weighted by atomic mass is 10.1. The molecule has 2 atom stereocenters. The minimum absolute atomic E-state index is 0.111. The molecule has 6 heteroatoms. The number of rotatable bonds is 4. The van der Waals surface area contributed by atoms with Crippen molar-refractivity contribution in [3.63, 3.8) is 0 Å². The number of hydrogen-bond acceptors (Lipinski definition) is 4. The van der Waals surface area contributed by atoms with Crippen LogP contribution in [0.25, 0.3) is 0 Å². The van der Waals surface area contributed by atoms with E-state index in [1.807, 2.05) is 0 Å². The Morgan fingerprint density at radius 2 is 2.15 bits per heavy atom. The van der Waals surface area contributed by atoms with Gasteiger partial charge in [-0.3, -0.25) is 14.9 Å². The van der Waals surface area contributed by atoms with Crippen LogP contribution in [0.3, 0.4) is 0 Å². The minimum Gasteiger partial charge on any atom is -0.388 e. The molecule has 20 heavy (non-hydrogen) atoms. The smallest absolute Gasteiger partial charge is 0.282 e. The number of anilines is 1. The Balaban J connectivity index is 2.25. The van der Waals surface area contributed by atoms with Crippen molar-refractivity contribution >= 4 is 17.3 Å². The van der Waals surface area contributed by atoms with Gasteiger partial charge in [0.05, 0.1) is 4.92 Å². The highest BCUT2D eigenvalue weighted by molar-refractivity contribution is 5.99. The molecular weight excluding hydrogens is 258 g/mol. The fourth-order valence-electron chi connectivity index (χ4n) is 2.64. The predicted molar refractivity (Wildman–Crippen MR) is 76.9 cm³/mol. The molecule has 0 aromatic heterocycles. The van der Waals surface area contributed by atoms with Crippen LogP contribution >= 0.6 is 0 Å². The van der Waals surface area contributed by atoms with Gasteiger partial charge in [0.2, 0.25) is 0 Å². The number of hydrogen-bond donors (Lipinski definition) is 2. The van der Waals surface area contributed by atoms with Crippen LogP contribution in [0.2, 0.25) is 0 Å². The molecule has 0 aliphatic heterocycles. The number of carbonyl (C=O) groups excluding carboxylic acids is 1. The Morgan fingerprint density at radius 3 is 2.70 bits per heavy atom. The molecule has 1 aromatic rings. The van der Waals surface area contributed by atoms with Gasteiger partial charge in [-0.2, -0.15) is 0 Å². The van der Waals surface area contributed by atoms with E-state index in [0.717, 1.165) is 19.3 Å². The fourth-order valence-corrected chi connectivity index (χ4v) is 2.64. The van der Waals surface area contributed by atoms with Gasteiger partial charge in [0.25, 0.3) is 11.6 Å². The number of nitrogens with zero attached hydrogens (tertiary/aromatic N) is 1. The topological polar surface area (TPSA) is 84.3 Å². The van der Waals surface area contributed by atoms with Crippen molar-refractivity contribution in [2.75, 3.05) is 12.4 Å². The molecule has 1 amide bonds. The van der Waals surface area contributed by atoms with E-state index in [0.29, 0.717) is 11.6 Å². The molecule has 1 saturated carbocycles. The Labute approximate surface area is 117 Å². The second-order valence-corrected chi connectivity index (χ2v) is 5.23. The van der Waals surface area contributed by atoms with Crippen LogP contribution < -0.4 is 10.6 Å². The molecule has 2 unspecified atom stereocenters. The highest BCUT2D eigenvalue weighted by atomic mass is 16.6. The van der Waals surface area contributed by atoms with Crippen LogP contribution in [0, 0.1) is 16.0 Å². The molecule has 2 N–H and O–H groups in total. The van der Waals surface area contributed by atoms with E-state index in [1.165, 1.54) is 12.1 Å². The molecule has 1 fully saturated rings. The fraction of sp³-hybridized carbons (Fsp3) is 0.500. The number of carbonyl (C=O) groups is 1. The summed E-state index contributed by atoms with van der Waals surface area (Å²) in [6, 6.07) is 4.58. The molecule has 0 saturated heterocycles.